The van der Waals surface area contributed by atoms with Gasteiger partial charge in [0.05, 0.1) is 5.92 Å². The first-order valence-corrected chi connectivity index (χ1v) is 5.66. The Morgan fingerprint density at radius 1 is 1.29 bits per heavy atom. The molecular formula is C13H15NO3. The minimum Gasteiger partial charge on any atom is -0.481 e. The third kappa shape index (κ3) is 2.46. The molecule has 1 amide bonds. The molecule has 1 aliphatic rings. The van der Waals surface area contributed by atoms with Gasteiger partial charge in [-0.15, -0.1) is 0 Å². The predicted molar refractivity (Wildman–Crippen MR) is 62.8 cm³/mol. The van der Waals surface area contributed by atoms with E-state index in [1.54, 1.807) is 17.0 Å². The number of hydrogen-bond donors (Lipinski definition) is 1. The van der Waals surface area contributed by atoms with Gasteiger partial charge in [0, 0.05) is 18.7 Å². The molecule has 90 valence electrons. The molecule has 1 atom stereocenters. The van der Waals surface area contributed by atoms with Gasteiger partial charge in [-0.3, -0.25) is 9.59 Å². The topological polar surface area (TPSA) is 57.6 Å². The Hall–Kier alpha value is -1.84. The van der Waals surface area contributed by atoms with Crippen LogP contribution < -0.4 is 0 Å². The maximum atomic E-state index is 12.1. The summed E-state index contributed by atoms with van der Waals surface area (Å²) >= 11 is 0. The van der Waals surface area contributed by atoms with Crippen molar-refractivity contribution in [2.75, 3.05) is 13.1 Å². The quantitative estimate of drug-likeness (QED) is 0.843. The Balaban J connectivity index is 2.07. The number of aliphatic carboxylic acids is 1. The monoisotopic (exact) mass is 233 g/mol. The second-order valence-corrected chi connectivity index (χ2v) is 4.44. The van der Waals surface area contributed by atoms with Gasteiger partial charge in [-0.05, 0) is 25.5 Å². The first kappa shape index (κ1) is 11.6. The zero-order valence-electron chi connectivity index (χ0n) is 9.72. The summed E-state index contributed by atoms with van der Waals surface area (Å²) < 4.78 is 0. The maximum Gasteiger partial charge on any atom is 0.308 e. The van der Waals surface area contributed by atoms with Crippen molar-refractivity contribution in [3.05, 3.63) is 35.4 Å². The minimum atomic E-state index is -0.816. The molecule has 0 spiro atoms. The highest BCUT2D eigenvalue weighted by atomic mass is 16.4. The number of carboxylic acid groups (broad SMARTS) is 1. The molecule has 1 fully saturated rings. The fourth-order valence-corrected chi connectivity index (χ4v) is 2.03. The highest BCUT2D eigenvalue weighted by Gasteiger charge is 2.31. The highest BCUT2D eigenvalue weighted by molar-refractivity contribution is 5.94. The number of hydrogen-bond acceptors (Lipinski definition) is 2. The third-order valence-electron chi connectivity index (χ3n) is 3.12. The van der Waals surface area contributed by atoms with Crippen LogP contribution in [-0.2, 0) is 4.79 Å². The summed E-state index contributed by atoms with van der Waals surface area (Å²) in [5.41, 5.74) is 1.73. The molecular weight excluding hydrogens is 218 g/mol. The molecule has 17 heavy (non-hydrogen) atoms. The van der Waals surface area contributed by atoms with Crippen LogP contribution in [-0.4, -0.2) is 35.0 Å². The summed E-state index contributed by atoms with van der Waals surface area (Å²) in [5.74, 6) is -1.30. The number of likely N-dealkylation sites (tertiary alicyclic amines) is 1. The number of carbonyl (C=O) groups excluding carboxylic acids is 1. The zero-order chi connectivity index (χ0) is 12.4. The van der Waals surface area contributed by atoms with E-state index in [4.69, 9.17) is 5.11 Å². The van der Waals surface area contributed by atoms with Crippen molar-refractivity contribution >= 4 is 11.9 Å². The molecule has 0 aromatic heterocycles. The Labute approximate surface area is 99.9 Å². The molecule has 1 heterocycles. The number of nitrogens with zero attached hydrogens (tertiary/aromatic N) is 1. The molecule has 0 aliphatic carbocycles. The number of carboxylic acids is 1. The maximum absolute atomic E-state index is 12.1. The van der Waals surface area contributed by atoms with Gasteiger partial charge in [0.15, 0.2) is 0 Å². The predicted octanol–water partition coefficient (Wildman–Crippen LogP) is 1.54. The summed E-state index contributed by atoms with van der Waals surface area (Å²) in [6, 6.07) is 7.34. The zero-order valence-corrected chi connectivity index (χ0v) is 9.72. The number of amides is 1. The van der Waals surface area contributed by atoms with Crippen molar-refractivity contribution in [3.8, 4) is 0 Å². The molecule has 2 rings (SSSR count). The smallest absolute Gasteiger partial charge is 0.308 e. The van der Waals surface area contributed by atoms with Crippen LogP contribution in [0.25, 0.3) is 0 Å². The Bertz CT molecular complexity index is 438. The van der Waals surface area contributed by atoms with Crippen molar-refractivity contribution < 1.29 is 14.7 Å². The van der Waals surface area contributed by atoms with E-state index in [2.05, 4.69) is 0 Å². The van der Waals surface area contributed by atoms with E-state index in [1.165, 1.54) is 0 Å². The Morgan fingerprint density at radius 2 is 1.94 bits per heavy atom. The first-order chi connectivity index (χ1) is 8.08. The van der Waals surface area contributed by atoms with Crippen LogP contribution in [0.5, 0.6) is 0 Å². The summed E-state index contributed by atoms with van der Waals surface area (Å²) in [6.45, 7) is 2.82. The summed E-state index contributed by atoms with van der Waals surface area (Å²) in [4.78, 5) is 24.5. The number of benzene rings is 1. The molecule has 1 aromatic rings. The van der Waals surface area contributed by atoms with Gasteiger partial charge in [0.25, 0.3) is 5.91 Å². The molecule has 4 nitrogen and oxygen atoms in total. The van der Waals surface area contributed by atoms with E-state index in [0.29, 0.717) is 25.1 Å². The van der Waals surface area contributed by atoms with Crippen LogP contribution in [0.1, 0.15) is 22.3 Å². The van der Waals surface area contributed by atoms with Gasteiger partial charge >= 0.3 is 5.97 Å². The van der Waals surface area contributed by atoms with Crippen LogP contribution >= 0.6 is 0 Å². The van der Waals surface area contributed by atoms with Crippen molar-refractivity contribution in [2.24, 2.45) is 5.92 Å². The lowest BCUT2D eigenvalue weighted by atomic mass is 10.1. The summed E-state index contributed by atoms with van der Waals surface area (Å²) in [5, 5.41) is 8.88. The third-order valence-corrected chi connectivity index (χ3v) is 3.12. The second-order valence-electron chi connectivity index (χ2n) is 4.44. The lowest BCUT2D eigenvalue weighted by Gasteiger charge is -2.15. The largest absolute Gasteiger partial charge is 0.481 e. The molecule has 1 N–H and O–H groups in total. The second kappa shape index (κ2) is 4.57. The van der Waals surface area contributed by atoms with Crippen LogP contribution in [0.4, 0.5) is 0 Å². The molecule has 1 aliphatic heterocycles. The average molecular weight is 233 g/mol. The van der Waals surface area contributed by atoms with Gasteiger partial charge in [-0.1, -0.05) is 17.7 Å². The Kier molecular flexibility index (Phi) is 3.13. The van der Waals surface area contributed by atoms with Gasteiger partial charge in [-0.2, -0.15) is 0 Å². The van der Waals surface area contributed by atoms with E-state index >= 15 is 0 Å². The van der Waals surface area contributed by atoms with E-state index in [9.17, 15) is 9.59 Å². The van der Waals surface area contributed by atoms with Gasteiger partial charge in [-0.25, -0.2) is 0 Å². The number of rotatable bonds is 2. The molecule has 0 bridgehead atoms. The fourth-order valence-electron chi connectivity index (χ4n) is 2.03. The summed E-state index contributed by atoms with van der Waals surface area (Å²) in [6.07, 6.45) is 0.549. The van der Waals surface area contributed by atoms with Crippen molar-refractivity contribution in [2.45, 2.75) is 13.3 Å². The average Bonchev–Trinajstić information content (AvgIpc) is 2.78. The van der Waals surface area contributed by atoms with Crippen molar-refractivity contribution in [3.63, 3.8) is 0 Å². The molecule has 4 heteroatoms. The van der Waals surface area contributed by atoms with E-state index in [-0.39, 0.29) is 5.91 Å². The Morgan fingerprint density at radius 3 is 2.47 bits per heavy atom. The molecule has 1 saturated heterocycles. The van der Waals surface area contributed by atoms with Gasteiger partial charge in [0.1, 0.15) is 0 Å². The standard InChI is InChI=1S/C13H15NO3/c1-9-2-4-10(5-3-9)12(15)14-7-6-11(8-14)13(16)17/h2-5,11H,6-8H2,1H3,(H,16,17)/t11-/m0/s1. The van der Waals surface area contributed by atoms with Crippen LogP contribution in [0, 0.1) is 12.8 Å². The first-order valence-electron chi connectivity index (χ1n) is 5.66. The van der Waals surface area contributed by atoms with E-state index in [0.717, 1.165) is 5.56 Å². The van der Waals surface area contributed by atoms with Gasteiger partial charge in [0.2, 0.25) is 0 Å². The molecule has 1 aromatic carbocycles. The number of carbonyl (C=O) groups is 2. The molecule has 0 unspecified atom stereocenters. The highest BCUT2D eigenvalue weighted by Crippen LogP contribution is 2.19. The summed E-state index contributed by atoms with van der Waals surface area (Å²) in [7, 11) is 0. The van der Waals surface area contributed by atoms with Crippen molar-refractivity contribution in [1.82, 2.24) is 4.90 Å². The molecule has 0 saturated carbocycles. The fraction of sp³-hybridized carbons (Fsp3) is 0.385. The molecule has 0 radical (unpaired) electrons. The van der Waals surface area contributed by atoms with Crippen LogP contribution in [0.15, 0.2) is 24.3 Å². The number of aryl methyl sites for hydroxylation is 1. The SMILES string of the molecule is Cc1ccc(C(=O)N2CC[C@H](C(=O)O)C2)cc1. The van der Waals surface area contributed by atoms with Crippen LogP contribution in [0.2, 0.25) is 0 Å². The van der Waals surface area contributed by atoms with Gasteiger partial charge < -0.3 is 10.0 Å². The van der Waals surface area contributed by atoms with Crippen LogP contribution in [0.3, 0.4) is 0 Å². The minimum absolute atomic E-state index is 0.0752. The van der Waals surface area contributed by atoms with E-state index < -0.39 is 11.9 Å². The van der Waals surface area contributed by atoms with Crippen molar-refractivity contribution in [1.29, 1.82) is 0 Å². The normalized spacial score (nSPS) is 19.4. The lowest BCUT2D eigenvalue weighted by Crippen LogP contribution is -2.29. The van der Waals surface area contributed by atoms with E-state index in [1.807, 2.05) is 19.1 Å². The lowest BCUT2D eigenvalue weighted by molar-refractivity contribution is -0.141.